The normalized spacial score (nSPS) is 10.3. The van der Waals surface area contributed by atoms with Gasteiger partial charge in [-0.2, -0.15) is 0 Å². The molecule has 0 N–H and O–H groups in total. The van der Waals surface area contributed by atoms with E-state index in [9.17, 15) is 14.4 Å². The molecule has 0 atom stereocenters. The molecule has 0 aliphatic rings. The molecule has 0 bridgehead atoms. The molecule has 0 aliphatic carbocycles. The van der Waals surface area contributed by atoms with E-state index in [1.165, 1.54) is 12.1 Å². The Balaban J connectivity index is 3.30. The quantitative estimate of drug-likeness (QED) is 0.678. The van der Waals surface area contributed by atoms with Crippen LogP contribution in [0.25, 0.3) is 0 Å². The van der Waals surface area contributed by atoms with E-state index in [1.54, 1.807) is 36.9 Å². The third kappa shape index (κ3) is 5.59. The van der Waals surface area contributed by atoms with Crippen LogP contribution in [0.3, 0.4) is 0 Å². The zero-order valence-electron chi connectivity index (χ0n) is 15.8. The van der Waals surface area contributed by atoms with Gasteiger partial charge >= 0.3 is 5.97 Å². The number of amides is 2. The number of nitrogens with zero attached hydrogens (tertiary/aromatic N) is 2. The number of carbonyl (C=O) groups excluding carboxylic acids is 3. The Bertz CT molecular complexity index is 586. The van der Waals surface area contributed by atoms with Gasteiger partial charge in [-0.15, -0.1) is 0 Å². The van der Waals surface area contributed by atoms with Crippen LogP contribution in [0.5, 0.6) is 0 Å². The number of rotatable bonds is 8. The van der Waals surface area contributed by atoms with Gasteiger partial charge in [-0.05, 0) is 38.0 Å². The van der Waals surface area contributed by atoms with Crippen molar-refractivity contribution in [3.8, 4) is 0 Å². The van der Waals surface area contributed by atoms with E-state index in [-0.39, 0.29) is 24.0 Å². The predicted octanol–water partition coefficient (Wildman–Crippen LogP) is 2.83. The molecule has 0 spiro atoms. The van der Waals surface area contributed by atoms with Crippen LogP contribution in [-0.2, 0) is 4.74 Å². The number of hydrogen-bond acceptors (Lipinski definition) is 4. The fraction of sp³-hybridized carbons (Fsp3) is 0.526. The molecule has 0 aliphatic heterocycles. The number of carbonyl (C=O) groups is 3. The summed E-state index contributed by atoms with van der Waals surface area (Å²) >= 11 is 0. The van der Waals surface area contributed by atoms with Crippen molar-refractivity contribution < 1.29 is 19.1 Å². The highest BCUT2D eigenvalue weighted by Crippen LogP contribution is 2.16. The molecule has 0 aromatic heterocycles. The highest BCUT2D eigenvalue weighted by molar-refractivity contribution is 6.03. The summed E-state index contributed by atoms with van der Waals surface area (Å²) in [5.41, 5.74) is 0.843. The van der Waals surface area contributed by atoms with Crippen molar-refractivity contribution >= 4 is 17.8 Å². The molecule has 1 rings (SSSR count). The lowest BCUT2D eigenvalue weighted by atomic mass is 10.0. The SMILES string of the molecule is CCCN(C)C(=O)c1cc(C(=O)OCC)cc(C(=O)N(C)CCC)c1. The zero-order chi connectivity index (χ0) is 19.0. The Labute approximate surface area is 149 Å². The van der Waals surface area contributed by atoms with E-state index < -0.39 is 5.97 Å². The van der Waals surface area contributed by atoms with Crippen molar-refractivity contribution in [1.82, 2.24) is 9.80 Å². The molecule has 6 heteroatoms. The smallest absolute Gasteiger partial charge is 0.338 e. The van der Waals surface area contributed by atoms with E-state index in [0.29, 0.717) is 24.2 Å². The average Bonchev–Trinajstić information content (AvgIpc) is 2.60. The first-order chi connectivity index (χ1) is 11.8. The monoisotopic (exact) mass is 348 g/mol. The maximum atomic E-state index is 12.6. The van der Waals surface area contributed by atoms with Crippen LogP contribution < -0.4 is 0 Å². The molecule has 0 saturated heterocycles. The first kappa shape index (κ1) is 20.7. The number of ether oxygens (including phenoxy) is 1. The molecule has 25 heavy (non-hydrogen) atoms. The highest BCUT2D eigenvalue weighted by atomic mass is 16.5. The lowest BCUT2D eigenvalue weighted by Gasteiger charge is -2.19. The fourth-order valence-electron chi connectivity index (χ4n) is 2.52. The van der Waals surface area contributed by atoms with E-state index in [4.69, 9.17) is 4.74 Å². The van der Waals surface area contributed by atoms with Crippen LogP contribution in [0.2, 0.25) is 0 Å². The van der Waals surface area contributed by atoms with Crippen LogP contribution in [-0.4, -0.2) is 61.4 Å². The maximum absolute atomic E-state index is 12.6. The molecule has 1 aromatic carbocycles. The summed E-state index contributed by atoms with van der Waals surface area (Å²) in [5.74, 6) is -0.983. The molecule has 0 radical (unpaired) electrons. The summed E-state index contributed by atoms with van der Waals surface area (Å²) in [6.07, 6.45) is 1.65. The second-order valence-electron chi connectivity index (χ2n) is 5.97. The van der Waals surface area contributed by atoms with E-state index in [2.05, 4.69) is 0 Å². The van der Waals surface area contributed by atoms with Gasteiger partial charge in [0.2, 0.25) is 0 Å². The minimum atomic E-state index is -0.539. The van der Waals surface area contributed by atoms with Crippen LogP contribution in [0.15, 0.2) is 18.2 Å². The molecular weight excluding hydrogens is 320 g/mol. The zero-order valence-corrected chi connectivity index (χ0v) is 15.8. The number of hydrogen-bond donors (Lipinski definition) is 0. The van der Waals surface area contributed by atoms with Gasteiger partial charge in [0.1, 0.15) is 0 Å². The first-order valence-corrected chi connectivity index (χ1v) is 8.68. The Morgan fingerprint density at radius 2 is 1.20 bits per heavy atom. The molecule has 0 heterocycles. The van der Waals surface area contributed by atoms with E-state index in [0.717, 1.165) is 12.8 Å². The molecule has 0 saturated carbocycles. The van der Waals surface area contributed by atoms with Crippen molar-refractivity contribution in [2.75, 3.05) is 33.8 Å². The molecule has 0 unspecified atom stereocenters. The summed E-state index contributed by atoms with van der Waals surface area (Å²) in [6, 6.07) is 4.53. The van der Waals surface area contributed by atoms with Gasteiger partial charge in [0.25, 0.3) is 11.8 Å². The van der Waals surface area contributed by atoms with E-state index >= 15 is 0 Å². The Kier molecular flexibility index (Phi) is 8.11. The van der Waals surface area contributed by atoms with Gasteiger partial charge in [-0.3, -0.25) is 9.59 Å². The molecule has 138 valence electrons. The molecule has 2 amide bonds. The Morgan fingerprint density at radius 1 is 0.800 bits per heavy atom. The molecule has 6 nitrogen and oxygen atoms in total. The molecule has 1 aromatic rings. The van der Waals surface area contributed by atoms with Crippen molar-refractivity contribution in [2.45, 2.75) is 33.6 Å². The summed E-state index contributed by atoms with van der Waals surface area (Å²) in [4.78, 5) is 40.4. The van der Waals surface area contributed by atoms with Gasteiger partial charge < -0.3 is 14.5 Å². The van der Waals surface area contributed by atoms with Gasteiger partial charge in [-0.25, -0.2) is 4.79 Å². The minimum absolute atomic E-state index is 0.214. The standard InChI is InChI=1S/C19H28N2O4/c1-6-9-20(4)17(22)14-11-15(18(23)21(5)10-7-2)13-16(12-14)19(24)25-8-3/h11-13H,6-10H2,1-5H3. The highest BCUT2D eigenvalue weighted by Gasteiger charge is 2.20. The summed E-state index contributed by atoms with van der Waals surface area (Å²) in [5, 5.41) is 0. The third-order valence-electron chi connectivity index (χ3n) is 3.75. The number of benzene rings is 1. The summed E-state index contributed by atoms with van der Waals surface area (Å²) in [7, 11) is 3.40. The van der Waals surface area contributed by atoms with E-state index in [1.807, 2.05) is 13.8 Å². The van der Waals surface area contributed by atoms with Crippen LogP contribution in [0.4, 0.5) is 0 Å². The third-order valence-corrected chi connectivity index (χ3v) is 3.75. The van der Waals surface area contributed by atoms with Crippen molar-refractivity contribution in [3.05, 3.63) is 34.9 Å². The van der Waals surface area contributed by atoms with Crippen LogP contribution in [0, 0.1) is 0 Å². The number of esters is 1. The Hall–Kier alpha value is -2.37. The first-order valence-electron chi connectivity index (χ1n) is 8.68. The average molecular weight is 348 g/mol. The lowest BCUT2D eigenvalue weighted by Crippen LogP contribution is -2.30. The minimum Gasteiger partial charge on any atom is -0.462 e. The lowest BCUT2D eigenvalue weighted by molar-refractivity contribution is 0.0526. The van der Waals surface area contributed by atoms with Crippen LogP contribution >= 0.6 is 0 Å². The van der Waals surface area contributed by atoms with Gasteiger partial charge in [0.15, 0.2) is 0 Å². The van der Waals surface area contributed by atoms with Gasteiger partial charge in [-0.1, -0.05) is 13.8 Å². The summed E-state index contributed by atoms with van der Waals surface area (Å²) < 4.78 is 5.02. The molecule has 0 fully saturated rings. The maximum Gasteiger partial charge on any atom is 0.338 e. The second kappa shape index (κ2) is 9.81. The van der Waals surface area contributed by atoms with Gasteiger partial charge in [0, 0.05) is 38.3 Å². The largest absolute Gasteiger partial charge is 0.462 e. The van der Waals surface area contributed by atoms with Crippen LogP contribution in [0.1, 0.15) is 64.7 Å². The Morgan fingerprint density at radius 3 is 1.56 bits per heavy atom. The van der Waals surface area contributed by atoms with Crippen molar-refractivity contribution in [2.24, 2.45) is 0 Å². The summed E-state index contributed by atoms with van der Waals surface area (Å²) in [6.45, 7) is 7.10. The van der Waals surface area contributed by atoms with Crippen molar-refractivity contribution in [1.29, 1.82) is 0 Å². The molecular formula is C19H28N2O4. The topological polar surface area (TPSA) is 66.9 Å². The van der Waals surface area contributed by atoms with Crippen molar-refractivity contribution in [3.63, 3.8) is 0 Å². The predicted molar refractivity (Wildman–Crippen MR) is 96.9 cm³/mol. The second-order valence-corrected chi connectivity index (χ2v) is 5.97. The fourth-order valence-corrected chi connectivity index (χ4v) is 2.52. The van der Waals surface area contributed by atoms with Gasteiger partial charge in [0.05, 0.1) is 12.2 Å².